The summed E-state index contributed by atoms with van der Waals surface area (Å²) < 4.78 is 1.32. The normalized spacial score (nSPS) is 11.3. The highest BCUT2D eigenvalue weighted by atomic mass is 16.2. The molecule has 0 atom stereocenters. The summed E-state index contributed by atoms with van der Waals surface area (Å²) in [5.74, 6) is -0.0557. The number of anilines is 2. The molecule has 0 saturated carbocycles. The van der Waals surface area contributed by atoms with Gasteiger partial charge in [0.25, 0.3) is 11.5 Å². The third-order valence-electron chi connectivity index (χ3n) is 4.29. The van der Waals surface area contributed by atoms with Crippen LogP contribution in [0.3, 0.4) is 0 Å². The van der Waals surface area contributed by atoms with Gasteiger partial charge in [-0.2, -0.15) is 0 Å². The fraction of sp³-hybridized carbons (Fsp3) is 0.476. The lowest BCUT2D eigenvalue weighted by molar-refractivity contribution is 0.0983. The highest BCUT2D eigenvalue weighted by molar-refractivity contribution is 6.07. The number of rotatable bonds is 6. The quantitative estimate of drug-likeness (QED) is 0.797. The van der Waals surface area contributed by atoms with Gasteiger partial charge < -0.3 is 10.6 Å². The second-order valence-corrected chi connectivity index (χ2v) is 8.18. The number of nitrogens with two attached hydrogens (primary N) is 1. The van der Waals surface area contributed by atoms with Crippen molar-refractivity contribution in [1.29, 1.82) is 0 Å². The van der Waals surface area contributed by atoms with Crippen LogP contribution in [0, 0.1) is 25.7 Å². The molecule has 0 bridgehead atoms. The van der Waals surface area contributed by atoms with Crippen molar-refractivity contribution in [3.63, 3.8) is 0 Å². The van der Waals surface area contributed by atoms with Gasteiger partial charge in [-0.3, -0.25) is 19.1 Å². The Morgan fingerprint density at radius 1 is 1.07 bits per heavy atom. The summed E-state index contributed by atoms with van der Waals surface area (Å²) in [6, 6.07) is 5.56. The Labute approximate surface area is 165 Å². The first kappa shape index (κ1) is 21.5. The average Bonchev–Trinajstić information content (AvgIpc) is 2.55. The molecule has 7 heteroatoms. The predicted molar refractivity (Wildman–Crippen MR) is 113 cm³/mol. The molecule has 1 aromatic heterocycles. The molecular formula is C21H30N4O3. The Kier molecular flexibility index (Phi) is 6.48. The number of benzene rings is 1. The van der Waals surface area contributed by atoms with Gasteiger partial charge in [0.2, 0.25) is 0 Å². The Hall–Kier alpha value is -2.83. The molecule has 7 nitrogen and oxygen atoms in total. The largest absolute Gasteiger partial charge is 0.383 e. The third kappa shape index (κ3) is 4.71. The molecular weight excluding hydrogens is 356 g/mol. The molecule has 1 heterocycles. The minimum Gasteiger partial charge on any atom is -0.383 e. The zero-order valence-electron chi connectivity index (χ0n) is 17.5. The van der Waals surface area contributed by atoms with E-state index in [2.05, 4.69) is 4.98 Å². The highest BCUT2D eigenvalue weighted by Gasteiger charge is 2.26. The van der Waals surface area contributed by atoms with Gasteiger partial charge in [0.15, 0.2) is 5.69 Å². The highest BCUT2D eigenvalue weighted by Crippen LogP contribution is 2.22. The molecule has 0 aliphatic carbocycles. The lowest BCUT2D eigenvalue weighted by Crippen LogP contribution is -2.43. The Morgan fingerprint density at radius 3 is 2.14 bits per heavy atom. The first-order valence-electron chi connectivity index (χ1n) is 9.54. The number of aromatic amines is 1. The molecule has 0 spiro atoms. The minimum atomic E-state index is -0.652. The first-order valence-corrected chi connectivity index (χ1v) is 9.54. The van der Waals surface area contributed by atoms with Gasteiger partial charge in [-0.05, 0) is 37.8 Å². The van der Waals surface area contributed by atoms with Crippen LogP contribution < -0.4 is 21.9 Å². The van der Waals surface area contributed by atoms with Crippen molar-refractivity contribution in [2.24, 2.45) is 11.8 Å². The SMILES string of the molecule is Cc1cc(C)cc(C(=O)N(CC(C)C)c2c(N)n(CC(C)C)c(=O)[nH]c2=O)c1. The molecule has 0 radical (unpaired) electrons. The maximum absolute atomic E-state index is 13.3. The molecule has 2 aromatic rings. The van der Waals surface area contributed by atoms with E-state index in [-0.39, 0.29) is 29.2 Å². The van der Waals surface area contributed by atoms with E-state index in [0.29, 0.717) is 18.7 Å². The number of hydrogen-bond donors (Lipinski definition) is 2. The molecule has 0 unspecified atom stereocenters. The van der Waals surface area contributed by atoms with Crippen molar-refractivity contribution >= 4 is 17.4 Å². The van der Waals surface area contributed by atoms with Gasteiger partial charge in [0.05, 0.1) is 0 Å². The molecule has 0 aliphatic heterocycles. The molecule has 3 N–H and O–H groups in total. The van der Waals surface area contributed by atoms with Crippen molar-refractivity contribution in [1.82, 2.24) is 9.55 Å². The van der Waals surface area contributed by atoms with Crippen LogP contribution in [0.5, 0.6) is 0 Å². The van der Waals surface area contributed by atoms with Crippen LogP contribution in [0.15, 0.2) is 27.8 Å². The zero-order chi connectivity index (χ0) is 21.2. The summed E-state index contributed by atoms with van der Waals surface area (Å²) in [6.45, 7) is 12.3. The van der Waals surface area contributed by atoms with Gasteiger partial charge >= 0.3 is 5.69 Å². The molecule has 28 heavy (non-hydrogen) atoms. The van der Waals surface area contributed by atoms with Crippen LogP contribution >= 0.6 is 0 Å². The summed E-state index contributed by atoms with van der Waals surface area (Å²) in [7, 11) is 0. The van der Waals surface area contributed by atoms with Crippen molar-refractivity contribution in [3.05, 3.63) is 55.7 Å². The van der Waals surface area contributed by atoms with E-state index in [1.165, 1.54) is 9.47 Å². The number of amides is 1. The van der Waals surface area contributed by atoms with Gasteiger partial charge in [-0.1, -0.05) is 44.9 Å². The van der Waals surface area contributed by atoms with E-state index < -0.39 is 11.2 Å². The first-order chi connectivity index (χ1) is 13.0. The van der Waals surface area contributed by atoms with E-state index in [1.54, 1.807) is 12.1 Å². The molecule has 0 saturated heterocycles. The van der Waals surface area contributed by atoms with Crippen LogP contribution in [0.4, 0.5) is 11.5 Å². The third-order valence-corrected chi connectivity index (χ3v) is 4.29. The number of H-pyrrole nitrogens is 1. The lowest BCUT2D eigenvalue weighted by atomic mass is 10.1. The summed E-state index contributed by atoms with van der Waals surface area (Å²) in [4.78, 5) is 41.9. The maximum atomic E-state index is 13.3. The number of nitrogens with one attached hydrogen (secondary N) is 1. The molecule has 0 aliphatic rings. The Morgan fingerprint density at radius 2 is 1.64 bits per heavy atom. The van der Waals surface area contributed by atoms with E-state index in [4.69, 9.17) is 5.73 Å². The van der Waals surface area contributed by atoms with Gasteiger partial charge in [0, 0.05) is 18.7 Å². The van der Waals surface area contributed by atoms with Crippen LogP contribution in [0.1, 0.15) is 49.2 Å². The second-order valence-electron chi connectivity index (χ2n) is 8.18. The van der Waals surface area contributed by atoms with Crippen LogP contribution in [0.2, 0.25) is 0 Å². The van der Waals surface area contributed by atoms with Crippen molar-refractivity contribution < 1.29 is 4.79 Å². The average molecular weight is 386 g/mol. The van der Waals surface area contributed by atoms with Crippen LogP contribution in [-0.2, 0) is 6.54 Å². The number of aryl methyl sites for hydroxylation is 2. The number of aromatic nitrogens is 2. The smallest absolute Gasteiger partial charge is 0.330 e. The van der Waals surface area contributed by atoms with Crippen molar-refractivity contribution in [2.75, 3.05) is 17.2 Å². The number of carbonyl (C=O) groups excluding carboxylic acids is 1. The summed E-state index contributed by atoms with van der Waals surface area (Å²) >= 11 is 0. The fourth-order valence-electron chi connectivity index (χ4n) is 3.28. The molecule has 1 aromatic carbocycles. The van der Waals surface area contributed by atoms with E-state index in [9.17, 15) is 14.4 Å². The van der Waals surface area contributed by atoms with Gasteiger partial charge in [-0.15, -0.1) is 0 Å². The minimum absolute atomic E-state index is 0.0147. The zero-order valence-corrected chi connectivity index (χ0v) is 17.5. The summed E-state index contributed by atoms with van der Waals surface area (Å²) in [6.07, 6.45) is 0. The maximum Gasteiger partial charge on any atom is 0.330 e. The standard InChI is InChI=1S/C21H30N4O3/c1-12(2)10-24(20(27)16-8-14(5)7-15(6)9-16)17-18(22)25(11-13(3)4)21(28)23-19(17)26/h7-9,12-13H,10-11,22H2,1-6H3,(H,23,26,28). The van der Waals surface area contributed by atoms with Crippen molar-refractivity contribution in [2.45, 2.75) is 48.1 Å². The Bertz CT molecular complexity index is 966. The molecule has 152 valence electrons. The van der Waals surface area contributed by atoms with E-state index >= 15 is 0 Å². The Balaban J connectivity index is 2.68. The molecule has 0 fully saturated rings. The van der Waals surface area contributed by atoms with E-state index in [0.717, 1.165) is 11.1 Å². The monoisotopic (exact) mass is 386 g/mol. The fourth-order valence-corrected chi connectivity index (χ4v) is 3.28. The summed E-state index contributed by atoms with van der Waals surface area (Å²) in [5.41, 5.74) is 7.44. The predicted octanol–water partition coefficient (Wildman–Crippen LogP) is 2.69. The van der Waals surface area contributed by atoms with Crippen LogP contribution in [0.25, 0.3) is 0 Å². The molecule has 2 rings (SSSR count). The van der Waals surface area contributed by atoms with E-state index in [1.807, 2.05) is 47.6 Å². The number of nitrogen functional groups attached to an aromatic ring is 1. The van der Waals surface area contributed by atoms with Crippen LogP contribution in [-0.4, -0.2) is 22.0 Å². The summed E-state index contributed by atoms with van der Waals surface area (Å²) in [5, 5.41) is 0. The number of carbonyl (C=O) groups is 1. The number of nitrogens with zero attached hydrogens (tertiary/aromatic N) is 2. The second kappa shape index (κ2) is 8.46. The van der Waals surface area contributed by atoms with Gasteiger partial charge in [0.1, 0.15) is 5.82 Å². The number of hydrogen-bond acceptors (Lipinski definition) is 4. The van der Waals surface area contributed by atoms with Gasteiger partial charge in [-0.25, -0.2) is 4.79 Å². The topological polar surface area (TPSA) is 101 Å². The van der Waals surface area contributed by atoms with Crippen molar-refractivity contribution in [3.8, 4) is 0 Å². The molecule has 1 amide bonds. The lowest BCUT2D eigenvalue weighted by Gasteiger charge is -2.26.